The topological polar surface area (TPSA) is 35.5 Å². The van der Waals surface area contributed by atoms with Gasteiger partial charge in [-0.1, -0.05) is 79.9 Å². The van der Waals surface area contributed by atoms with Gasteiger partial charge in [0, 0.05) is 18.4 Å². The van der Waals surface area contributed by atoms with Crippen LogP contribution in [0, 0.1) is 17.8 Å². The number of hydrogen-bond donors (Lipinski definition) is 0. The van der Waals surface area contributed by atoms with Gasteiger partial charge in [-0.25, -0.2) is 0 Å². The van der Waals surface area contributed by atoms with Gasteiger partial charge in [-0.2, -0.15) is 0 Å². The fraction of sp³-hybridized carbons (Fsp3) is 0.889. The van der Waals surface area contributed by atoms with Crippen molar-refractivity contribution in [3.8, 4) is 0 Å². The Balaban J connectivity index is 2.15. The zero-order chi connectivity index (χ0) is 24.5. The molecule has 0 amide bonds. The minimum absolute atomic E-state index is 0.148. The molecule has 0 radical (unpaired) electrons. The van der Waals surface area contributed by atoms with Crippen LogP contribution in [0.15, 0.2) is 12.2 Å². The smallest absolute Gasteiger partial charge is 0.192 e. The van der Waals surface area contributed by atoms with E-state index < -0.39 is 16.6 Å². The maximum absolute atomic E-state index is 12.7. The lowest BCUT2D eigenvalue weighted by atomic mass is 9.95. The Labute approximate surface area is 201 Å². The van der Waals surface area contributed by atoms with Crippen LogP contribution in [0.1, 0.15) is 87.0 Å². The van der Waals surface area contributed by atoms with Crippen molar-refractivity contribution in [3.63, 3.8) is 0 Å². The molecular formula is C27H52O3Si2. The van der Waals surface area contributed by atoms with E-state index in [-0.39, 0.29) is 28.2 Å². The Hall–Kier alpha value is -0.236. The van der Waals surface area contributed by atoms with Crippen molar-refractivity contribution in [2.45, 2.75) is 135 Å². The molecule has 1 unspecified atom stereocenters. The number of allylic oxidation sites excluding steroid dienone is 1. The summed E-state index contributed by atoms with van der Waals surface area (Å²) in [4.78, 5) is 12.7. The second kappa shape index (κ2) is 10.2. The van der Waals surface area contributed by atoms with Crippen LogP contribution < -0.4 is 0 Å². The molecule has 2 saturated carbocycles. The van der Waals surface area contributed by atoms with Gasteiger partial charge in [0.2, 0.25) is 0 Å². The first-order chi connectivity index (χ1) is 14.5. The first kappa shape index (κ1) is 28.0. The summed E-state index contributed by atoms with van der Waals surface area (Å²) in [5.41, 5.74) is 0. The van der Waals surface area contributed by atoms with E-state index in [9.17, 15) is 4.79 Å². The molecule has 0 aliphatic heterocycles. The summed E-state index contributed by atoms with van der Waals surface area (Å²) < 4.78 is 13.6. The molecule has 0 aromatic heterocycles. The molecule has 2 rings (SSSR count). The highest BCUT2D eigenvalue weighted by Gasteiger charge is 2.54. The average Bonchev–Trinajstić information content (AvgIpc) is 3.09. The Morgan fingerprint density at radius 3 is 2.12 bits per heavy atom. The maximum atomic E-state index is 12.7. The third-order valence-corrected chi connectivity index (χ3v) is 17.9. The predicted molar refractivity (Wildman–Crippen MR) is 142 cm³/mol. The van der Waals surface area contributed by atoms with Crippen molar-refractivity contribution in [1.82, 2.24) is 0 Å². The van der Waals surface area contributed by atoms with Crippen LogP contribution in [0.5, 0.6) is 0 Å². The molecule has 0 saturated heterocycles. The molecule has 0 heterocycles. The molecule has 2 fully saturated rings. The number of fused-ring (bicyclic) bond motifs is 2. The largest absolute Gasteiger partial charge is 0.414 e. The molecule has 0 spiro atoms. The van der Waals surface area contributed by atoms with E-state index in [4.69, 9.17) is 8.85 Å². The van der Waals surface area contributed by atoms with E-state index in [0.717, 1.165) is 12.8 Å². The van der Waals surface area contributed by atoms with E-state index >= 15 is 0 Å². The van der Waals surface area contributed by atoms with Gasteiger partial charge in [0.25, 0.3) is 0 Å². The molecule has 3 nitrogen and oxygen atoms in total. The molecule has 186 valence electrons. The molecule has 0 aromatic carbocycles. The van der Waals surface area contributed by atoms with Crippen molar-refractivity contribution < 1.29 is 13.6 Å². The maximum Gasteiger partial charge on any atom is 0.192 e. The lowest BCUT2D eigenvalue weighted by Crippen LogP contribution is -2.45. The molecule has 0 N–H and O–H groups in total. The highest BCUT2D eigenvalue weighted by atomic mass is 28.4. The summed E-state index contributed by atoms with van der Waals surface area (Å²) in [7, 11) is -3.67. The number of carbonyl (C=O) groups is 1. The first-order valence-corrected chi connectivity index (χ1v) is 18.9. The zero-order valence-electron chi connectivity index (χ0n) is 23.0. The normalized spacial score (nSPS) is 28.2. The van der Waals surface area contributed by atoms with Gasteiger partial charge in [-0.3, -0.25) is 4.79 Å². The third-order valence-electron chi connectivity index (χ3n) is 8.92. The van der Waals surface area contributed by atoms with Crippen molar-refractivity contribution in [1.29, 1.82) is 0 Å². The minimum Gasteiger partial charge on any atom is -0.414 e. The Bertz CT molecular complexity index is 669. The highest BCUT2D eigenvalue weighted by molar-refractivity contribution is 6.74. The fourth-order valence-electron chi connectivity index (χ4n) is 4.69. The SMILES string of the molecule is CCCCCC(/C=C/[C@H]1[C@H]2CC(=O)[C@@H]1C[C@@H]2O[Si](C)(C)C(C)(C)C)O[Si](C)(C)C(C)(C)C. The second-order valence-corrected chi connectivity index (χ2v) is 23.0. The average molecular weight is 481 g/mol. The summed E-state index contributed by atoms with van der Waals surface area (Å²) in [6.07, 6.45) is 11.5. The molecule has 2 aliphatic rings. The Morgan fingerprint density at radius 1 is 1.00 bits per heavy atom. The van der Waals surface area contributed by atoms with Crippen molar-refractivity contribution >= 4 is 22.4 Å². The van der Waals surface area contributed by atoms with E-state index in [1.165, 1.54) is 19.3 Å². The van der Waals surface area contributed by atoms with Crippen LogP contribution in [0.2, 0.25) is 36.3 Å². The van der Waals surface area contributed by atoms with Crippen LogP contribution in [0.4, 0.5) is 0 Å². The quantitative estimate of drug-likeness (QED) is 0.180. The Kier molecular flexibility index (Phi) is 8.90. The Morgan fingerprint density at radius 2 is 1.59 bits per heavy atom. The van der Waals surface area contributed by atoms with E-state index in [2.05, 4.69) is 86.8 Å². The summed E-state index contributed by atoms with van der Waals surface area (Å²) in [5.74, 6) is 1.28. The number of rotatable bonds is 10. The van der Waals surface area contributed by atoms with Crippen molar-refractivity contribution in [2.24, 2.45) is 17.8 Å². The number of Topliss-reactive ketones (excluding diaryl/α,β-unsaturated/α-hetero) is 1. The highest BCUT2D eigenvalue weighted by Crippen LogP contribution is 2.51. The van der Waals surface area contributed by atoms with Gasteiger partial charge < -0.3 is 8.85 Å². The summed E-state index contributed by atoms with van der Waals surface area (Å²) >= 11 is 0. The second-order valence-electron chi connectivity index (χ2n) is 13.5. The van der Waals surface area contributed by atoms with Crippen LogP contribution in [-0.4, -0.2) is 34.6 Å². The third kappa shape index (κ3) is 6.46. The summed E-state index contributed by atoms with van der Waals surface area (Å²) in [5, 5.41) is 0.403. The van der Waals surface area contributed by atoms with E-state index in [1.807, 2.05) is 0 Å². The standard InChI is InChI=1S/C27H52O3Si2/c1-12-13-14-15-20(29-31(8,9)26(2,3)4)16-17-21-22-19-25(23(21)18-24(22)28)30-32(10,11)27(5,6)7/h16-17,20-23,25H,12-15,18-19H2,1-11H3/b17-16+/t20?,21-,22-,23-,25+/m1/s1. The summed E-state index contributed by atoms with van der Waals surface area (Å²) in [6, 6.07) is 0. The predicted octanol–water partition coefficient (Wildman–Crippen LogP) is 8.13. The van der Waals surface area contributed by atoms with Gasteiger partial charge in [0.1, 0.15) is 5.78 Å². The molecule has 5 heteroatoms. The van der Waals surface area contributed by atoms with Crippen LogP contribution in [-0.2, 0) is 13.6 Å². The molecule has 0 aromatic rings. The minimum atomic E-state index is -1.84. The number of unbranched alkanes of at least 4 members (excludes halogenated alkanes) is 2. The van der Waals surface area contributed by atoms with E-state index in [1.54, 1.807) is 0 Å². The van der Waals surface area contributed by atoms with Crippen molar-refractivity contribution in [3.05, 3.63) is 12.2 Å². The lowest BCUT2D eigenvalue weighted by molar-refractivity contribution is -0.123. The molecular weight excluding hydrogens is 428 g/mol. The van der Waals surface area contributed by atoms with Gasteiger partial charge in [-0.05, 0) is 60.9 Å². The lowest BCUT2D eigenvalue weighted by Gasteiger charge is -2.40. The van der Waals surface area contributed by atoms with Crippen LogP contribution >= 0.6 is 0 Å². The van der Waals surface area contributed by atoms with Gasteiger partial charge in [-0.15, -0.1) is 0 Å². The molecule has 2 aliphatic carbocycles. The molecule has 5 atom stereocenters. The van der Waals surface area contributed by atoms with E-state index in [0.29, 0.717) is 24.0 Å². The van der Waals surface area contributed by atoms with Gasteiger partial charge in [0.15, 0.2) is 16.6 Å². The fourth-order valence-corrected chi connectivity index (χ4v) is 7.38. The number of hydrogen-bond acceptors (Lipinski definition) is 3. The summed E-state index contributed by atoms with van der Waals surface area (Å²) in [6.45, 7) is 25.4. The first-order valence-electron chi connectivity index (χ1n) is 13.1. The van der Waals surface area contributed by atoms with Crippen molar-refractivity contribution in [2.75, 3.05) is 0 Å². The van der Waals surface area contributed by atoms with Crippen LogP contribution in [0.25, 0.3) is 0 Å². The van der Waals surface area contributed by atoms with Gasteiger partial charge >= 0.3 is 0 Å². The monoisotopic (exact) mass is 480 g/mol. The molecule has 32 heavy (non-hydrogen) atoms. The van der Waals surface area contributed by atoms with Gasteiger partial charge in [0.05, 0.1) is 6.10 Å². The number of carbonyl (C=O) groups excluding carboxylic acids is 1. The van der Waals surface area contributed by atoms with Crippen LogP contribution in [0.3, 0.4) is 0 Å². The number of ketones is 1. The molecule has 2 bridgehead atoms. The zero-order valence-corrected chi connectivity index (χ0v) is 25.0.